The van der Waals surface area contributed by atoms with Crippen LogP contribution in [0, 0.1) is 0 Å². The van der Waals surface area contributed by atoms with Crippen LogP contribution in [-0.2, 0) is 11.0 Å². The van der Waals surface area contributed by atoms with E-state index < -0.39 is 17.6 Å². The van der Waals surface area contributed by atoms with E-state index >= 15 is 0 Å². The number of nitrogens with one attached hydrogen (secondary N) is 1. The molecule has 0 aliphatic carbocycles. The molecule has 1 aliphatic heterocycles. The molecule has 1 saturated heterocycles. The Morgan fingerprint density at radius 1 is 0.893 bits per heavy atom. The van der Waals surface area contributed by atoms with Gasteiger partial charge in [0.15, 0.2) is 0 Å². The van der Waals surface area contributed by atoms with E-state index in [9.17, 15) is 22.8 Å². The number of halogens is 3. The van der Waals surface area contributed by atoms with Gasteiger partial charge in [-0.15, -0.1) is 0 Å². The second-order valence-electron chi connectivity index (χ2n) is 6.57. The summed E-state index contributed by atoms with van der Waals surface area (Å²) in [6, 6.07) is 11.3. The van der Waals surface area contributed by atoms with E-state index in [1.54, 1.807) is 24.0 Å². The first-order valence-corrected chi connectivity index (χ1v) is 8.83. The van der Waals surface area contributed by atoms with Gasteiger partial charge in [0.05, 0.1) is 5.56 Å². The van der Waals surface area contributed by atoms with Gasteiger partial charge in [0.2, 0.25) is 5.91 Å². The van der Waals surface area contributed by atoms with E-state index in [2.05, 4.69) is 10.2 Å². The molecule has 0 radical (unpaired) electrons. The Balaban J connectivity index is 1.60. The molecule has 2 aromatic rings. The number of nitrogens with zero attached hydrogens (tertiary/aromatic N) is 2. The molecule has 0 unspecified atom stereocenters. The van der Waals surface area contributed by atoms with E-state index in [0.717, 1.165) is 43.0 Å². The highest BCUT2D eigenvalue weighted by atomic mass is 19.4. The number of rotatable bonds is 3. The van der Waals surface area contributed by atoms with Crippen LogP contribution in [0.5, 0.6) is 0 Å². The Morgan fingerprint density at radius 2 is 1.46 bits per heavy atom. The smallest absolute Gasteiger partial charge is 0.368 e. The average Bonchev–Trinajstić information content (AvgIpc) is 2.68. The molecule has 2 aromatic carbocycles. The van der Waals surface area contributed by atoms with Gasteiger partial charge in [0, 0.05) is 50.0 Å². The van der Waals surface area contributed by atoms with E-state index in [4.69, 9.17) is 0 Å². The molecule has 2 amide bonds. The van der Waals surface area contributed by atoms with Crippen LogP contribution >= 0.6 is 0 Å². The topological polar surface area (TPSA) is 52.7 Å². The third-order valence-corrected chi connectivity index (χ3v) is 4.69. The largest absolute Gasteiger partial charge is 0.416 e. The molecule has 1 heterocycles. The minimum Gasteiger partial charge on any atom is -0.368 e. The average molecular weight is 391 g/mol. The summed E-state index contributed by atoms with van der Waals surface area (Å²) in [6.07, 6.45) is -4.43. The number of carbonyl (C=O) groups is 2. The molecule has 1 fully saturated rings. The summed E-state index contributed by atoms with van der Waals surface area (Å²) < 4.78 is 37.8. The molecule has 1 aliphatic rings. The quantitative estimate of drug-likeness (QED) is 0.870. The van der Waals surface area contributed by atoms with Crippen molar-refractivity contribution in [1.82, 2.24) is 4.90 Å². The lowest BCUT2D eigenvalue weighted by molar-refractivity contribution is -0.137. The first-order valence-electron chi connectivity index (χ1n) is 8.83. The maximum Gasteiger partial charge on any atom is 0.416 e. The van der Waals surface area contributed by atoms with Crippen molar-refractivity contribution < 1.29 is 22.8 Å². The lowest BCUT2D eigenvalue weighted by Gasteiger charge is -2.35. The first-order chi connectivity index (χ1) is 13.2. The van der Waals surface area contributed by atoms with Gasteiger partial charge in [-0.25, -0.2) is 0 Å². The van der Waals surface area contributed by atoms with Crippen molar-refractivity contribution in [3.8, 4) is 0 Å². The van der Waals surface area contributed by atoms with Crippen molar-refractivity contribution in [3.63, 3.8) is 0 Å². The fourth-order valence-electron chi connectivity index (χ4n) is 3.05. The van der Waals surface area contributed by atoms with E-state index in [0.29, 0.717) is 18.8 Å². The van der Waals surface area contributed by atoms with Crippen LogP contribution in [0.25, 0.3) is 0 Å². The van der Waals surface area contributed by atoms with Gasteiger partial charge in [-0.3, -0.25) is 9.59 Å². The lowest BCUT2D eigenvalue weighted by atomic mass is 10.1. The number of piperazine rings is 1. The summed E-state index contributed by atoms with van der Waals surface area (Å²) in [5, 5.41) is 2.68. The third kappa shape index (κ3) is 4.62. The molecule has 0 spiro atoms. The van der Waals surface area contributed by atoms with Crippen LogP contribution < -0.4 is 10.2 Å². The fourth-order valence-corrected chi connectivity index (χ4v) is 3.05. The summed E-state index contributed by atoms with van der Waals surface area (Å²) in [4.78, 5) is 27.6. The number of hydrogen-bond donors (Lipinski definition) is 1. The highest BCUT2D eigenvalue weighted by Crippen LogP contribution is 2.29. The summed E-state index contributed by atoms with van der Waals surface area (Å²) >= 11 is 0. The van der Waals surface area contributed by atoms with Crippen molar-refractivity contribution in [2.45, 2.75) is 13.1 Å². The van der Waals surface area contributed by atoms with Crippen molar-refractivity contribution >= 4 is 23.2 Å². The molecule has 0 aromatic heterocycles. The van der Waals surface area contributed by atoms with Gasteiger partial charge < -0.3 is 15.1 Å². The molecule has 5 nitrogen and oxygen atoms in total. The zero-order valence-corrected chi connectivity index (χ0v) is 15.3. The fraction of sp³-hybridized carbons (Fsp3) is 0.300. The molecule has 8 heteroatoms. The number of alkyl halides is 3. The molecular weight excluding hydrogens is 371 g/mol. The van der Waals surface area contributed by atoms with E-state index in [-0.39, 0.29) is 11.5 Å². The summed E-state index contributed by atoms with van der Waals surface area (Å²) in [5.74, 6) is -0.405. The maximum absolute atomic E-state index is 12.6. The van der Waals surface area contributed by atoms with E-state index in [1.807, 2.05) is 12.1 Å². The van der Waals surface area contributed by atoms with Crippen molar-refractivity contribution in [2.75, 3.05) is 36.4 Å². The van der Waals surface area contributed by atoms with Gasteiger partial charge in [0.1, 0.15) is 0 Å². The van der Waals surface area contributed by atoms with Gasteiger partial charge in [0.25, 0.3) is 5.91 Å². The predicted octanol–water partition coefficient (Wildman–Crippen LogP) is 3.63. The molecular formula is C20H20F3N3O2. The minimum atomic E-state index is -4.43. The Morgan fingerprint density at radius 3 is 1.96 bits per heavy atom. The third-order valence-electron chi connectivity index (χ3n) is 4.69. The van der Waals surface area contributed by atoms with Crippen LogP contribution in [-0.4, -0.2) is 42.9 Å². The van der Waals surface area contributed by atoms with E-state index in [1.165, 1.54) is 0 Å². The molecule has 0 bridgehead atoms. The van der Waals surface area contributed by atoms with Crippen LogP contribution in [0.2, 0.25) is 0 Å². The number of benzene rings is 2. The SMILES string of the molecule is CC(=O)N1CCN(c2ccc(NC(=O)c3ccc(C(F)(F)F)cc3)cc2)CC1. The van der Waals surface area contributed by atoms with Gasteiger partial charge in [-0.2, -0.15) is 13.2 Å². The molecule has 0 atom stereocenters. The Bertz CT molecular complexity index is 840. The van der Waals surface area contributed by atoms with Crippen molar-refractivity contribution in [3.05, 3.63) is 59.7 Å². The molecule has 3 rings (SSSR count). The van der Waals surface area contributed by atoms with Gasteiger partial charge in [-0.05, 0) is 48.5 Å². The highest BCUT2D eigenvalue weighted by molar-refractivity contribution is 6.04. The Kier molecular flexibility index (Phi) is 5.58. The minimum absolute atomic E-state index is 0.0703. The first kappa shape index (κ1) is 19.7. The molecule has 148 valence electrons. The summed E-state index contributed by atoms with van der Waals surface area (Å²) in [5.41, 5.74) is 0.891. The monoisotopic (exact) mass is 391 g/mol. The second-order valence-corrected chi connectivity index (χ2v) is 6.57. The number of anilines is 2. The Labute approximate surface area is 160 Å². The summed E-state index contributed by atoms with van der Waals surface area (Å²) in [6.45, 7) is 4.36. The molecule has 1 N–H and O–H groups in total. The predicted molar refractivity (Wildman–Crippen MR) is 100 cm³/mol. The maximum atomic E-state index is 12.6. The standard InChI is InChI=1S/C20H20F3N3O2/c1-14(27)25-10-12-26(13-11-25)18-8-6-17(7-9-18)24-19(28)15-2-4-16(5-3-15)20(21,22)23/h2-9H,10-13H2,1H3,(H,24,28). The normalized spacial score (nSPS) is 14.7. The highest BCUT2D eigenvalue weighted by Gasteiger charge is 2.30. The van der Waals surface area contributed by atoms with Crippen molar-refractivity contribution in [2.24, 2.45) is 0 Å². The number of hydrogen-bond acceptors (Lipinski definition) is 3. The molecule has 0 saturated carbocycles. The zero-order valence-electron chi connectivity index (χ0n) is 15.3. The lowest BCUT2D eigenvalue weighted by Crippen LogP contribution is -2.48. The molecule has 28 heavy (non-hydrogen) atoms. The van der Waals surface area contributed by atoms with Crippen LogP contribution in [0.15, 0.2) is 48.5 Å². The Hall–Kier alpha value is -3.03. The van der Waals surface area contributed by atoms with Crippen LogP contribution in [0.3, 0.4) is 0 Å². The van der Waals surface area contributed by atoms with Gasteiger partial charge >= 0.3 is 6.18 Å². The summed E-state index contributed by atoms with van der Waals surface area (Å²) in [7, 11) is 0. The van der Waals surface area contributed by atoms with Crippen LogP contribution in [0.1, 0.15) is 22.8 Å². The zero-order chi connectivity index (χ0) is 20.3. The van der Waals surface area contributed by atoms with Gasteiger partial charge in [-0.1, -0.05) is 0 Å². The van der Waals surface area contributed by atoms with Crippen molar-refractivity contribution in [1.29, 1.82) is 0 Å². The van der Waals surface area contributed by atoms with Crippen LogP contribution in [0.4, 0.5) is 24.5 Å². The number of amides is 2. The second kappa shape index (κ2) is 7.92. The number of carbonyl (C=O) groups excluding carboxylic acids is 2.